The first-order chi connectivity index (χ1) is 17.7. The van der Waals surface area contributed by atoms with Gasteiger partial charge in [-0.15, -0.1) is 0 Å². The van der Waals surface area contributed by atoms with Crippen LogP contribution in [0.2, 0.25) is 0 Å². The molecule has 0 radical (unpaired) electrons. The number of rotatable bonds is 11. The van der Waals surface area contributed by atoms with E-state index in [1.807, 2.05) is 74.5 Å². The third-order valence-electron chi connectivity index (χ3n) is 6.19. The highest BCUT2D eigenvalue weighted by Gasteiger charge is 2.11. The fourth-order valence-electron chi connectivity index (χ4n) is 4.28. The zero-order valence-electron chi connectivity index (χ0n) is 21.2. The number of ether oxygens (including phenoxy) is 3. The molecule has 1 aliphatic rings. The molecule has 0 aromatic heterocycles. The van der Waals surface area contributed by atoms with E-state index in [1.165, 1.54) is 24.9 Å². The molecule has 188 valence electrons. The highest BCUT2D eigenvalue weighted by Crippen LogP contribution is 2.29. The van der Waals surface area contributed by atoms with Crippen molar-refractivity contribution in [2.75, 3.05) is 31.2 Å². The Morgan fingerprint density at radius 2 is 1.50 bits per heavy atom. The predicted octanol–water partition coefficient (Wildman–Crippen LogP) is 6.95. The van der Waals surface area contributed by atoms with Crippen LogP contribution in [0.5, 0.6) is 17.2 Å². The highest BCUT2D eigenvalue weighted by molar-refractivity contribution is 6.07. The summed E-state index contributed by atoms with van der Waals surface area (Å²) < 4.78 is 17.3. The summed E-state index contributed by atoms with van der Waals surface area (Å²) in [7, 11) is 0. The molecule has 1 saturated heterocycles. The van der Waals surface area contributed by atoms with Crippen LogP contribution in [0.25, 0.3) is 6.08 Å². The Balaban J connectivity index is 1.31. The number of carbonyl (C=O) groups is 1. The van der Waals surface area contributed by atoms with Gasteiger partial charge in [0.1, 0.15) is 12.4 Å². The minimum absolute atomic E-state index is 0.00104. The molecule has 36 heavy (non-hydrogen) atoms. The summed E-state index contributed by atoms with van der Waals surface area (Å²) in [5.74, 6) is 2.23. The number of hydrogen-bond donors (Lipinski definition) is 0. The van der Waals surface area contributed by atoms with Crippen LogP contribution in [0.1, 0.15) is 54.6 Å². The maximum Gasteiger partial charge on any atom is 0.185 e. The molecule has 0 bridgehead atoms. The summed E-state index contributed by atoms with van der Waals surface area (Å²) in [6.07, 6.45) is 7.25. The van der Waals surface area contributed by atoms with E-state index in [2.05, 4.69) is 17.0 Å². The van der Waals surface area contributed by atoms with Crippen molar-refractivity contribution in [1.29, 1.82) is 0 Å². The Kier molecular flexibility index (Phi) is 9.03. The van der Waals surface area contributed by atoms with Gasteiger partial charge in [-0.1, -0.05) is 24.3 Å². The zero-order chi connectivity index (χ0) is 25.2. The zero-order valence-corrected chi connectivity index (χ0v) is 21.2. The van der Waals surface area contributed by atoms with E-state index in [4.69, 9.17) is 14.2 Å². The summed E-state index contributed by atoms with van der Waals surface area (Å²) in [4.78, 5) is 15.0. The number of nitrogens with zero attached hydrogens (tertiary/aromatic N) is 1. The van der Waals surface area contributed by atoms with Crippen LogP contribution in [-0.2, 0) is 6.61 Å². The number of benzene rings is 3. The van der Waals surface area contributed by atoms with Gasteiger partial charge >= 0.3 is 0 Å². The third-order valence-corrected chi connectivity index (χ3v) is 6.19. The van der Waals surface area contributed by atoms with Gasteiger partial charge in [0, 0.05) is 24.3 Å². The van der Waals surface area contributed by atoms with Crippen LogP contribution in [0, 0.1) is 0 Å². The maximum atomic E-state index is 12.6. The quantitative estimate of drug-likeness (QED) is 0.217. The lowest BCUT2D eigenvalue weighted by atomic mass is 10.1. The van der Waals surface area contributed by atoms with Gasteiger partial charge in [-0.3, -0.25) is 4.79 Å². The van der Waals surface area contributed by atoms with E-state index in [0.717, 1.165) is 41.5 Å². The largest absolute Gasteiger partial charge is 0.490 e. The number of anilines is 1. The van der Waals surface area contributed by atoms with Gasteiger partial charge in [0.2, 0.25) is 0 Å². The third kappa shape index (κ3) is 6.91. The molecule has 5 nitrogen and oxygen atoms in total. The molecule has 5 heteroatoms. The van der Waals surface area contributed by atoms with Crippen molar-refractivity contribution in [2.24, 2.45) is 0 Å². The predicted molar refractivity (Wildman–Crippen MR) is 145 cm³/mol. The van der Waals surface area contributed by atoms with Crippen molar-refractivity contribution in [3.8, 4) is 17.2 Å². The number of ketones is 1. The molecule has 0 spiro atoms. The van der Waals surface area contributed by atoms with Crippen LogP contribution in [0.3, 0.4) is 0 Å². The standard InChI is InChI=1S/C31H35NO4/c1-3-34-30-19-11-25(22-31(30)35-4-2)23-36-28-16-8-24(9-17-28)10-18-29(33)26-12-14-27(15-13-26)32-20-6-5-7-21-32/h8-19,22H,3-7,20-21,23H2,1-2H3/b18-10+. The van der Waals surface area contributed by atoms with Gasteiger partial charge in [0.25, 0.3) is 0 Å². The molecule has 0 unspecified atom stereocenters. The van der Waals surface area contributed by atoms with Crippen LogP contribution < -0.4 is 19.1 Å². The molecular formula is C31H35NO4. The molecular weight excluding hydrogens is 450 g/mol. The average Bonchev–Trinajstić information content (AvgIpc) is 2.93. The topological polar surface area (TPSA) is 48.0 Å². The first-order valence-corrected chi connectivity index (χ1v) is 12.8. The first-order valence-electron chi connectivity index (χ1n) is 12.8. The first kappa shape index (κ1) is 25.4. The van der Waals surface area contributed by atoms with E-state index in [1.54, 1.807) is 6.08 Å². The van der Waals surface area contributed by atoms with Gasteiger partial charge in [0.05, 0.1) is 13.2 Å². The van der Waals surface area contributed by atoms with E-state index in [9.17, 15) is 4.79 Å². The molecule has 0 saturated carbocycles. The van der Waals surface area contributed by atoms with Crippen LogP contribution in [-0.4, -0.2) is 32.1 Å². The van der Waals surface area contributed by atoms with E-state index in [0.29, 0.717) is 25.4 Å². The highest BCUT2D eigenvalue weighted by atomic mass is 16.5. The van der Waals surface area contributed by atoms with Crippen LogP contribution in [0.15, 0.2) is 72.8 Å². The average molecular weight is 486 g/mol. The molecule has 1 aliphatic heterocycles. The summed E-state index contributed by atoms with van der Waals surface area (Å²) in [5, 5.41) is 0. The van der Waals surface area contributed by atoms with Gasteiger partial charge in [0.15, 0.2) is 17.3 Å². The molecule has 0 amide bonds. The van der Waals surface area contributed by atoms with E-state index in [-0.39, 0.29) is 5.78 Å². The second kappa shape index (κ2) is 12.8. The number of piperidine rings is 1. The lowest BCUT2D eigenvalue weighted by molar-refractivity contribution is 0.104. The Labute approximate surface area is 214 Å². The summed E-state index contributed by atoms with van der Waals surface area (Å²) in [6, 6.07) is 21.5. The van der Waals surface area contributed by atoms with Gasteiger partial charge in [-0.25, -0.2) is 0 Å². The molecule has 1 heterocycles. The summed E-state index contributed by atoms with van der Waals surface area (Å²) >= 11 is 0. The van der Waals surface area contributed by atoms with Crippen molar-refractivity contribution in [3.63, 3.8) is 0 Å². The smallest absolute Gasteiger partial charge is 0.185 e. The minimum Gasteiger partial charge on any atom is -0.490 e. The monoisotopic (exact) mass is 485 g/mol. The van der Waals surface area contributed by atoms with Crippen molar-refractivity contribution < 1.29 is 19.0 Å². The maximum absolute atomic E-state index is 12.6. The van der Waals surface area contributed by atoms with Crippen molar-refractivity contribution in [2.45, 2.75) is 39.7 Å². The Morgan fingerprint density at radius 3 is 2.19 bits per heavy atom. The van der Waals surface area contributed by atoms with Crippen molar-refractivity contribution in [3.05, 3.63) is 89.5 Å². The molecule has 3 aromatic rings. The molecule has 0 N–H and O–H groups in total. The number of hydrogen-bond acceptors (Lipinski definition) is 5. The van der Waals surface area contributed by atoms with E-state index < -0.39 is 0 Å². The lowest BCUT2D eigenvalue weighted by Crippen LogP contribution is -2.29. The SMILES string of the molecule is CCOc1ccc(COc2ccc(/C=C/C(=O)c3ccc(N4CCCCC4)cc3)cc2)cc1OCC. The Morgan fingerprint density at radius 1 is 0.806 bits per heavy atom. The number of carbonyl (C=O) groups excluding carboxylic acids is 1. The van der Waals surface area contributed by atoms with Crippen LogP contribution in [0.4, 0.5) is 5.69 Å². The Hall–Kier alpha value is -3.73. The Bertz CT molecular complexity index is 1150. The van der Waals surface area contributed by atoms with Crippen molar-refractivity contribution >= 4 is 17.5 Å². The van der Waals surface area contributed by atoms with Crippen LogP contribution >= 0.6 is 0 Å². The normalized spacial score (nSPS) is 13.6. The second-order valence-electron chi connectivity index (χ2n) is 8.80. The summed E-state index contributed by atoms with van der Waals surface area (Å²) in [6.45, 7) is 7.69. The van der Waals surface area contributed by atoms with Crippen molar-refractivity contribution in [1.82, 2.24) is 0 Å². The number of allylic oxidation sites excluding steroid dienone is 1. The van der Waals surface area contributed by atoms with Gasteiger partial charge in [-0.2, -0.15) is 0 Å². The van der Waals surface area contributed by atoms with E-state index >= 15 is 0 Å². The molecule has 0 aliphatic carbocycles. The molecule has 0 atom stereocenters. The fourth-order valence-corrected chi connectivity index (χ4v) is 4.28. The second-order valence-corrected chi connectivity index (χ2v) is 8.80. The van der Waals surface area contributed by atoms with Gasteiger partial charge < -0.3 is 19.1 Å². The fraction of sp³-hybridized carbons (Fsp3) is 0.323. The van der Waals surface area contributed by atoms with Gasteiger partial charge in [-0.05, 0) is 98.8 Å². The molecule has 4 rings (SSSR count). The molecule has 3 aromatic carbocycles. The minimum atomic E-state index is 0.00104. The lowest BCUT2D eigenvalue weighted by Gasteiger charge is -2.28. The molecule has 1 fully saturated rings. The summed E-state index contributed by atoms with van der Waals surface area (Å²) in [5.41, 5.74) is 3.85.